The summed E-state index contributed by atoms with van der Waals surface area (Å²) in [6.45, 7) is -0.345. The van der Waals surface area contributed by atoms with Crippen molar-refractivity contribution in [3.63, 3.8) is 0 Å². The molecule has 1 aliphatic heterocycles. The number of ether oxygens (including phenoxy) is 1. The van der Waals surface area contributed by atoms with Crippen LogP contribution in [0.15, 0.2) is 18.3 Å². The summed E-state index contributed by atoms with van der Waals surface area (Å²) in [5.74, 6) is 0. The Morgan fingerprint density at radius 1 is 1.31 bits per heavy atom. The van der Waals surface area contributed by atoms with Crippen LogP contribution in [0.1, 0.15) is 11.8 Å². The Kier molecular flexibility index (Phi) is 3.41. The summed E-state index contributed by atoms with van der Waals surface area (Å²) < 4.78 is 5.31. The fraction of sp³-hybridized carbons (Fsp3) is 0.500. The molecule has 0 aliphatic carbocycles. The summed E-state index contributed by atoms with van der Waals surface area (Å²) in [7, 11) is 0. The predicted molar refractivity (Wildman–Crippen MR) is 56.0 cm³/mol. The van der Waals surface area contributed by atoms with Crippen molar-refractivity contribution in [2.75, 3.05) is 6.61 Å². The van der Waals surface area contributed by atoms with Gasteiger partial charge in [-0.3, -0.25) is 4.98 Å². The maximum absolute atomic E-state index is 9.72. The number of nitrogens with zero attached hydrogens (tertiary/aromatic N) is 1. The first-order valence-electron chi connectivity index (χ1n) is 4.87. The molecule has 5 nitrogen and oxygen atoms in total. The van der Waals surface area contributed by atoms with E-state index in [0.29, 0.717) is 10.7 Å². The van der Waals surface area contributed by atoms with Crippen LogP contribution >= 0.6 is 11.6 Å². The summed E-state index contributed by atoms with van der Waals surface area (Å²) >= 11 is 5.68. The van der Waals surface area contributed by atoms with Crippen LogP contribution in [0.2, 0.25) is 5.02 Å². The second-order valence-corrected chi connectivity index (χ2v) is 4.10. The molecule has 0 radical (unpaired) electrons. The van der Waals surface area contributed by atoms with Crippen LogP contribution in [0.4, 0.5) is 0 Å². The molecule has 0 spiro atoms. The van der Waals surface area contributed by atoms with Gasteiger partial charge in [0.2, 0.25) is 0 Å². The van der Waals surface area contributed by atoms with Gasteiger partial charge in [-0.1, -0.05) is 11.6 Å². The number of pyridine rings is 1. The first-order valence-corrected chi connectivity index (χ1v) is 5.25. The van der Waals surface area contributed by atoms with E-state index < -0.39 is 24.4 Å². The zero-order valence-corrected chi connectivity index (χ0v) is 9.08. The molecule has 0 amide bonds. The van der Waals surface area contributed by atoms with Gasteiger partial charge in [-0.2, -0.15) is 0 Å². The summed E-state index contributed by atoms with van der Waals surface area (Å²) in [5.41, 5.74) is 0.479. The topological polar surface area (TPSA) is 82.8 Å². The van der Waals surface area contributed by atoms with Crippen molar-refractivity contribution in [3.8, 4) is 0 Å². The molecule has 1 fully saturated rings. The van der Waals surface area contributed by atoms with Crippen molar-refractivity contribution in [2.24, 2.45) is 0 Å². The van der Waals surface area contributed by atoms with Gasteiger partial charge >= 0.3 is 0 Å². The largest absolute Gasteiger partial charge is 0.394 e. The van der Waals surface area contributed by atoms with Crippen LogP contribution in [0.5, 0.6) is 0 Å². The highest BCUT2D eigenvalue weighted by molar-refractivity contribution is 6.30. The molecule has 2 rings (SSSR count). The molecule has 16 heavy (non-hydrogen) atoms. The normalized spacial score (nSPS) is 34.2. The number of rotatable bonds is 2. The number of hydrogen-bond donors (Lipinski definition) is 3. The molecule has 4 atom stereocenters. The molecule has 6 heteroatoms. The van der Waals surface area contributed by atoms with E-state index in [1.165, 1.54) is 6.20 Å². The lowest BCUT2D eigenvalue weighted by Gasteiger charge is -2.13. The van der Waals surface area contributed by atoms with Crippen molar-refractivity contribution in [1.82, 2.24) is 4.98 Å². The Hall–Kier alpha value is -0.720. The smallest absolute Gasteiger partial charge is 0.128 e. The average Bonchev–Trinajstić information content (AvgIpc) is 2.57. The van der Waals surface area contributed by atoms with Gasteiger partial charge in [-0.15, -0.1) is 0 Å². The number of aromatic nitrogens is 1. The zero-order chi connectivity index (χ0) is 11.7. The zero-order valence-electron chi connectivity index (χ0n) is 8.32. The van der Waals surface area contributed by atoms with E-state index in [-0.39, 0.29) is 6.61 Å². The predicted octanol–water partition coefficient (Wildman–Crippen LogP) is -0.111. The second kappa shape index (κ2) is 4.65. The van der Waals surface area contributed by atoms with Gasteiger partial charge in [-0.05, 0) is 12.1 Å². The van der Waals surface area contributed by atoms with Gasteiger partial charge in [0.1, 0.15) is 24.4 Å². The number of halogens is 1. The second-order valence-electron chi connectivity index (χ2n) is 3.66. The van der Waals surface area contributed by atoms with Gasteiger partial charge in [0.05, 0.1) is 17.3 Å². The molecule has 1 aromatic rings. The van der Waals surface area contributed by atoms with Crippen molar-refractivity contribution in [2.45, 2.75) is 24.4 Å². The van der Waals surface area contributed by atoms with E-state index in [4.69, 9.17) is 21.4 Å². The van der Waals surface area contributed by atoms with Crippen LogP contribution in [-0.4, -0.2) is 45.2 Å². The minimum atomic E-state index is -1.10. The van der Waals surface area contributed by atoms with E-state index in [0.717, 1.165) is 0 Å². The molecular weight excluding hydrogens is 234 g/mol. The Bertz CT molecular complexity index is 358. The molecular formula is C10H12ClNO4. The van der Waals surface area contributed by atoms with Crippen LogP contribution in [0, 0.1) is 0 Å². The molecule has 1 saturated heterocycles. The maximum Gasteiger partial charge on any atom is 0.128 e. The molecule has 1 aliphatic rings. The third kappa shape index (κ3) is 2.05. The van der Waals surface area contributed by atoms with Crippen LogP contribution < -0.4 is 0 Å². The van der Waals surface area contributed by atoms with Crippen LogP contribution in [0.3, 0.4) is 0 Å². The third-order valence-corrected chi connectivity index (χ3v) is 2.81. The molecule has 88 valence electrons. The minimum absolute atomic E-state index is 0.345. The van der Waals surface area contributed by atoms with E-state index in [9.17, 15) is 10.2 Å². The Morgan fingerprint density at radius 3 is 2.56 bits per heavy atom. The van der Waals surface area contributed by atoms with E-state index in [2.05, 4.69) is 4.98 Å². The highest BCUT2D eigenvalue weighted by Gasteiger charge is 2.43. The highest BCUT2D eigenvalue weighted by Crippen LogP contribution is 2.32. The average molecular weight is 246 g/mol. The summed E-state index contributed by atoms with van der Waals surface area (Å²) in [6, 6.07) is 3.24. The lowest BCUT2D eigenvalue weighted by Crippen LogP contribution is -2.32. The summed E-state index contributed by atoms with van der Waals surface area (Å²) in [6.07, 6.45) is -2.27. The van der Waals surface area contributed by atoms with Gasteiger partial charge in [0.25, 0.3) is 0 Å². The van der Waals surface area contributed by atoms with Crippen molar-refractivity contribution in [3.05, 3.63) is 29.0 Å². The highest BCUT2D eigenvalue weighted by atomic mass is 35.5. The van der Waals surface area contributed by atoms with Crippen LogP contribution in [-0.2, 0) is 4.74 Å². The van der Waals surface area contributed by atoms with E-state index in [1.807, 2.05) is 0 Å². The number of aliphatic hydroxyl groups excluding tert-OH is 3. The monoisotopic (exact) mass is 245 g/mol. The van der Waals surface area contributed by atoms with Gasteiger partial charge in [0, 0.05) is 6.20 Å². The molecule has 0 unspecified atom stereocenters. The minimum Gasteiger partial charge on any atom is -0.394 e. The first kappa shape index (κ1) is 11.8. The Balaban J connectivity index is 2.19. The molecule has 0 saturated carbocycles. The maximum atomic E-state index is 9.72. The third-order valence-electron chi connectivity index (χ3n) is 2.58. The Morgan fingerprint density at radius 2 is 2.06 bits per heavy atom. The van der Waals surface area contributed by atoms with E-state index in [1.54, 1.807) is 12.1 Å². The fourth-order valence-electron chi connectivity index (χ4n) is 1.70. The standard InChI is InChI=1S/C10H12ClNO4/c11-5-1-2-6(12-3-5)10-9(15)8(14)7(4-13)16-10/h1-3,7-10,13-15H,4H2/t7-,8-,9-,10-/m1/s1. The van der Waals surface area contributed by atoms with Gasteiger partial charge < -0.3 is 20.1 Å². The quantitative estimate of drug-likeness (QED) is 0.677. The van der Waals surface area contributed by atoms with Crippen molar-refractivity contribution >= 4 is 11.6 Å². The van der Waals surface area contributed by atoms with Gasteiger partial charge in [-0.25, -0.2) is 0 Å². The van der Waals surface area contributed by atoms with E-state index >= 15 is 0 Å². The van der Waals surface area contributed by atoms with Crippen LogP contribution in [0.25, 0.3) is 0 Å². The Labute approximate surface area is 97.3 Å². The molecule has 1 aromatic heterocycles. The SMILES string of the molecule is OC[C@H]1O[C@H](c2ccc(Cl)cn2)[C@H](O)[C@@H]1O. The molecule has 3 N–H and O–H groups in total. The molecule has 0 aromatic carbocycles. The van der Waals surface area contributed by atoms with Crippen molar-refractivity contribution < 1.29 is 20.1 Å². The lowest BCUT2D eigenvalue weighted by atomic mass is 10.1. The van der Waals surface area contributed by atoms with Crippen molar-refractivity contribution in [1.29, 1.82) is 0 Å². The molecule has 2 heterocycles. The number of hydrogen-bond acceptors (Lipinski definition) is 5. The lowest BCUT2D eigenvalue weighted by molar-refractivity contribution is -0.0239. The molecule has 0 bridgehead atoms. The van der Waals surface area contributed by atoms with Gasteiger partial charge in [0.15, 0.2) is 0 Å². The summed E-state index contributed by atoms with van der Waals surface area (Å²) in [4.78, 5) is 4.00. The fourth-order valence-corrected chi connectivity index (χ4v) is 1.81. The first-order chi connectivity index (χ1) is 7.63. The number of aliphatic hydroxyl groups is 3. The summed E-state index contributed by atoms with van der Waals surface area (Å²) in [5, 5.41) is 28.7.